The van der Waals surface area contributed by atoms with Gasteiger partial charge in [-0.25, -0.2) is 4.39 Å². The maximum absolute atomic E-state index is 14.7. The molecule has 2 aromatic carbocycles. The van der Waals surface area contributed by atoms with Gasteiger partial charge in [0.15, 0.2) is 11.6 Å². The third-order valence-electron chi connectivity index (χ3n) is 6.65. The quantitative estimate of drug-likeness (QED) is 0.546. The van der Waals surface area contributed by atoms with Gasteiger partial charge >= 0.3 is 0 Å². The Labute approximate surface area is 156 Å². The molecule has 4 rings (SSSR count). The first-order valence-electron chi connectivity index (χ1n) is 10.1. The van der Waals surface area contributed by atoms with E-state index in [4.69, 9.17) is 4.74 Å². The van der Waals surface area contributed by atoms with Gasteiger partial charge in [-0.05, 0) is 72.8 Å². The number of benzene rings is 2. The normalized spacial score (nSPS) is 28.5. The van der Waals surface area contributed by atoms with Gasteiger partial charge < -0.3 is 4.74 Å². The Morgan fingerprint density at radius 3 is 2.73 bits per heavy atom. The molecule has 0 aliphatic heterocycles. The zero-order chi connectivity index (χ0) is 18.1. The van der Waals surface area contributed by atoms with Crippen LogP contribution in [-0.2, 0) is 0 Å². The summed E-state index contributed by atoms with van der Waals surface area (Å²) in [5.41, 5.74) is 1.38. The number of rotatable bonds is 4. The van der Waals surface area contributed by atoms with Crippen molar-refractivity contribution in [2.24, 2.45) is 17.8 Å². The van der Waals surface area contributed by atoms with Gasteiger partial charge in [0, 0.05) is 5.39 Å². The predicted molar refractivity (Wildman–Crippen MR) is 106 cm³/mol. The van der Waals surface area contributed by atoms with Crippen LogP contribution in [0.4, 0.5) is 4.39 Å². The summed E-state index contributed by atoms with van der Waals surface area (Å²) in [6.07, 6.45) is 9.80. The third kappa shape index (κ3) is 3.39. The maximum Gasteiger partial charge on any atom is 0.172 e. The van der Waals surface area contributed by atoms with Crippen LogP contribution in [0.1, 0.15) is 56.9 Å². The van der Waals surface area contributed by atoms with E-state index in [1.165, 1.54) is 44.1 Å². The fraction of sp³-hybridized carbons (Fsp3) is 0.500. The van der Waals surface area contributed by atoms with E-state index < -0.39 is 0 Å². The SMILES string of the molecule is C=CCOc1ccc2cc(C3CCC4CC(C)CCC4C3)ccc2c1F. The summed E-state index contributed by atoms with van der Waals surface area (Å²) in [6, 6.07) is 10.00. The van der Waals surface area contributed by atoms with Gasteiger partial charge in [-0.1, -0.05) is 50.3 Å². The van der Waals surface area contributed by atoms with Crippen molar-refractivity contribution < 1.29 is 9.13 Å². The molecule has 0 aromatic heterocycles. The van der Waals surface area contributed by atoms with Crippen LogP contribution in [0.3, 0.4) is 0 Å². The molecule has 0 bridgehead atoms. The van der Waals surface area contributed by atoms with Gasteiger partial charge in [0.25, 0.3) is 0 Å². The molecule has 0 amide bonds. The highest BCUT2D eigenvalue weighted by Gasteiger charge is 2.34. The molecule has 1 nitrogen and oxygen atoms in total. The molecule has 2 saturated carbocycles. The molecule has 4 unspecified atom stereocenters. The monoisotopic (exact) mass is 352 g/mol. The van der Waals surface area contributed by atoms with E-state index in [0.29, 0.717) is 23.7 Å². The minimum atomic E-state index is -0.263. The van der Waals surface area contributed by atoms with E-state index >= 15 is 0 Å². The van der Waals surface area contributed by atoms with Crippen molar-refractivity contribution in [1.29, 1.82) is 0 Å². The lowest BCUT2D eigenvalue weighted by molar-refractivity contribution is 0.124. The highest BCUT2D eigenvalue weighted by atomic mass is 19.1. The largest absolute Gasteiger partial charge is 0.486 e. The van der Waals surface area contributed by atoms with E-state index in [2.05, 4.69) is 25.6 Å². The maximum atomic E-state index is 14.7. The van der Waals surface area contributed by atoms with Crippen LogP contribution in [0.25, 0.3) is 10.8 Å². The Morgan fingerprint density at radius 1 is 1.08 bits per heavy atom. The van der Waals surface area contributed by atoms with Crippen LogP contribution in [0.5, 0.6) is 5.75 Å². The Kier molecular flexibility index (Phi) is 5.02. The lowest BCUT2D eigenvalue weighted by Crippen LogP contribution is -2.29. The minimum absolute atomic E-state index is 0.263. The van der Waals surface area contributed by atoms with Crippen molar-refractivity contribution in [2.45, 2.75) is 51.4 Å². The molecule has 0 spiro atoms. The summed E-state index contributed by atoms with van der Waals surface area (Å²) < 4.78 is 20.1. The van der Waals surface area contributed by atoms with Gasteiger partial charge in [-0.3, -0.25) is 0 Å². The first-order chi connectivity index (χ1) is 12.7. The minimum Gasteiger partial charge on any atom is -0.486 e. The van der Waals surface area contributed by atoms with Gasteiger partial charge in [-0.2, -0.15) is 0 Å². The lowest BCUT2D eigenvalue weighted by Gasteiger charge is -2.41. The summed E-state index contributed by atoms with van der Waals surface area (Å²) in [5.74, 6) is 3.43. The number of hydrogen-bond donors (Lipinski definition) is 0. The summed E-state index contributed by atoms with van der Waals surface area (Å²) >= 11 is 0. The molecule has 2 aliphatic rings. The number of fused-ring (bicyclic) bond motifs is 2. The van der Waals surface area contributed by atoms with Gasteiger partial charge in [0.1, 0.15) is 6.61 Å². The number of ether oxygens (including phenoxy) is 1. The van der Waals surface area contributed by atoms with Crippen LogP contribution in [-0.4, -0.2) is 6.61 Å². The molecule has 2 fully saturated rings. The smallest absolute Gasteiger partial charge is 0.172 e. The van der Waals surface area contributed by atoms with Crippen LogP contribution in [0.2, 0.25) is 0 Å². The molecular formula is C24H29FO. The number of hydrogen-bond acceptors (Lipinski definition) is 1. The van der Waals surface area contributed by atoms with E-state index in [9.17, 15) is 4.39 Å². The van der Waals surface area contributed by atoms with E-state index in [0.717, 1.165) is 23.1 Å². The molecule has 0 radical (unpaired) electrons. The Morgan fingerprint density at radius 2 is 1.88 bits per heavy atom. The van der Waals surface area contributed by atoms with Gasteiger partial charge in [-0.15, -0.1) is 0 Å². The van der Waals surface area contributed by atoms with Crippen LogP contribution >= 0.6 is 0 Å². The molecule has 2 heteroatoms. The second-order valence-electron chi connectivity index (χ2n) is 8.41. The van der Waals surface area contributed by atoms with Crippen LogP contribution in [0, 0.1) is 23.6 Å². The first kappa shape index (κ1) is 17.6. The van der Waals surface area contributed by atoms with Crippen molar-refractivity contribution in [3.8, 4) is 5.75 Å². The van der Waals surface area contributed by atoms with Crippen molar-refractivity contribution >= 4 is 10.8 Å². The molecule has 138 valence electrons. The zero-order valence-corrected chi connectivity index (χ0v) is 15.7. The fourth-order valence-corrected chi connectivity index (χ4v) is 5.23. The van der Waals surface area contributed by atoms with Crippen LogP contribution in [0.15, 0.2) is 43.0 Å². The van der Waals surface area contributed by atoms with E-state index in [-0.39, 0.29) is 5.82 Å². The molecule has 2 aromatic rings. The van der Waals surface area contributed by atoms with E-state index in [1.807, 2.05) is 12.1 Å². The molecule has 0 heterocycles. The summed E-state index contributed by atoms with van der Waals surface area (Å²) in [5, 5.41) is 1.63. The average Bonchev–Trinajstić information content (AvgIpc) is 2.67. The second kappa shape index (κ2) is 7.42. The predicted octanol–water partition coefficient (Wildman–Crippen LogP) is 6.86. The molecule has 2 aliphatic carbocycles. The van der Waals surface area contributed by atoms with Crippen molar-refractivity contribution in [1.82, 2.24) is 0 Å². The standard InChI is InChI=1S/C24H29FO/c1-3-12-26-23-11-9-21-15-20(8-10-22(21)24(23)25)19-7-6-17-13-16(2)4-5-18(17)14-19/h3,8-11,15-19H,1,4-7,12-14H2,2H3. The van der Waals surface area contributed by atoms with Crippen LogP contribution < -0.4 is 4.74 Å². The highest BCUT2D eigenvalue weighted by Crippen LogP contribution is 2.47. The fourth-order valence-electron chi connectivity index (χ4n) is 5.23. The summed E-state index contributed by atoms with van der Waals surface area (Å²) in [7, 11) is 0. The van der Waals surface area contributed by atoms with Crippen molar-refractivity contribution in [2.75, 3.05) is 6.61 Å². The summed E-state index contributed by atoms with van der Waals surface area (Å²) in [4.78, 5) is 0. The Hall–Kier alpha value is -1.83. The molecule has 26 heavy (non-hydrogen) atoms. The zero-order valence-electron chi connectivity index (χ0n) is 15.7. The average molecular weight is 352 g/mol. The lowest BCUT2D eigenvalue weighted by atomic mass is 9.64. The molecular weight excluding hydrogens is 323 g/mol. The molecule has 0 saturated heterocycles. The Balaban J connectivity index is 1.55. The second-order valence-corrected chi connectivity index (χ2v) is 8.41. The Bertz CT molecular complexity index is 796. The van der Waals surface area contributed by atoms with Gasteiger partial charge in [0.05, 0.1) is 0 Å². The molecule has 4 atom stereocenters. The number of halogens is 1. The van der Waals surface area contributed by atoms with Gasteiger partial charge in [0.2, 0.25) is 0 Å². The van der Waals surface area contributed by atoms with Crippen molar-refractivity contribution in [3.63, 3.8) is 0 Å². The highest BCUT2D eigenvalue weighted by molar-refractivity contribution is 5.85. The first-order valence-corrected chi connectivity index (χ1v) is 10.1. The van der Waals surface area contributed by atoms with Crippen molar-refractivity contribution in [3.05, 3.63) is 54.4 Å². The van der Waals surface area contributed by atoms with E-state index in [1.54, 1.807) is 12.1 Å². The molecule has 0 N–H and O–H groups in total. The topological polar surface area (TPSA) is 9.23 Å². The third-order valence-corrected chi connectivity index (χ3v) is 6.65. The summed E-state index contributed by atoms with van der Waals surface area (Å²) in [6.45, 7) is 6.35.